The monoisotopic (exact) mass is 372 g/mol. The van der Waals surface area contributed by atoms with Crippen molar-refractivity contribution < 1.29 is 9.59 Å². The van der Waals surface area contributed by atoms with Gasteiger partial charge in [-0.15, -0.1) is 0 Å². The third kappa shape index (κ3) is 5.07. The molecular weight excluding hydrogens is 348 g/mol. The standard InChI is InChI=1S/C24H24N2O2/c1-2-18-13-15-21(16-14-18)24(28)25-17-22(27)26-23(19-9-5-3-6-10-19)20-11-7-4-8-12-20/h3-16,23H,2,17H2,1H3,(H,25,28)(H,26,27). The van der Waals surface area contributed by atoms with Crippen molar-refractivity contribution in [1.82, 2.24) is 10.6 Å². The lowest BCUT2D eigenvalue weighted by Crippen LogP contribution is -2.39. The summed E-state index contributed by atoms with van der Waals surface area (Å²) in [7, 11) is 0. The largest absolute Gasteiger partial charge is 0.344 e. The summed E-state index contributed by atoms with van der Waals surface area (Å²) in [5, 5.41) is 5.71. The van der Waals surface area contributed by atoms with E-state index in [1.54, 1.807) is 12.1 Å². The van der Waals surface area contributed by atoms with Gasteiger partial charge in [-0.1, -0.05) is 79.7 Å². The van der Waals surface area contributed by atoms with Gasteiger partial charge in [0.25, 0.3) is 5.91 Å². The average molecular weight is 372 g/mol. The Bertz CT molecular complexity index is 867. The van der Waals surface area contributed by atoms with Crippen LogP contribution in [0.4, 0.5) is 0 Å². The predicted octanol–water partition coefficient (Wildman–Crippen LogP) is 3.88. The molecule has 0 unspecified atom stereocenters. The SMILES string of the molecule is CCc1ccc(C(=O)NCC(=O)NC(c2ccccc2)c2ccccc2)cc1. The highest BCUT2D eigenvalue weighted by Crippen LogP contribution is 2.21. The van der Waals surface area contributed by atoms with Crippen LogP contribution in [-0.2, 0) is 11.2 Å². The van der Waals surface area contributed by atoms with Gasteiger partial charge in [0.2, 0.25) is 5.91 Å². The molecule has 0 spiro atoms. The van der Waals surface area contributed by atoms with Gasteiger partial charge in [-0.25, -0.2) is 0 Å². The zero-order chi connectivity index (χ0) is 19.8. The highest BCUT2D eigenvalue weighted by atomic mass is 16.2. The summed E-state index contributed by atoms with van der Waals surface area (Å²) in [6.45, 7) is 1.99. The Hall–Kier alpha value is -3.40. The van der Waals surface area contributed by atoms with Gasteiger partial charge in [-0.05, 0) is 35.2 Å². The van der Waals surface area contributed by atoms with Crippen LogP contribution in [0.5, 0.6) is 0 Å². The highest BCUT2D eigenvalue weighted by molar-refractivity contribution is 5.96. The van der Waals surface area contributed by atoms with Gasteiger partial charge in [-0.3, -0.25) is 9.59 Å². The first-order valence-corrected chi connectivity index (χ1v) is 9.43. The lowest BCUT2D eigenvalue weighted by molar-refractivity contribution is -0.120. The van der Waals surface area contributed by atoms with E-state index in [0.717, 1.165) is 17.5 Å². The molecule has 0 radical (unpaired) electrons. The third-order valence-electron chi connectivity index (χ3n) is 4.61. The van der Waals surface area contributed by atoms with E-state index in [1.807, 2.05) is 72.8 Å². The fourth-order valence-electron chi connectivity index (χ4n) is 3.02. The summed E-state index contributed by atoms with van der Waals surface area (Å²) in [4.78, 5) is 24.8. The van der Waals surface area contributed by atoms with Crippen LogP contribution in [0.25, 0.3) is 0 Å². The van der Waals surface area contributed by atoms with Gasteiger partial charge >= 0.3 is 0 Å². The van der Waals surface area contributed by atoms with Crippen molar-refractivity contribution >= 4 is 11.8 Å². The van der Waals surface area contributed by atoms with Crippen LogP contribution in [0.2, 0.25) is 0 Å². The maximum atomic E-state index is 12.5. The maximum absolute atomic E-state index is 12.5. The predicted molar refractivity (Wildman–Crippen MR) is 111 cm³/mol. The Morgan fingerprint density at radius 2 is 1.32 bits per heavy atom. The Morgan fingerprint density at radius 1 is 0.786 bits per heavy atom. The molecule has 142 valence electrons. The van der Waals surface area contributed by atoms with E-state index >= 15 is 0 Å². The average Bonchev–Trinajstić information content (AvgIpc) is 2.77. The second-order valence-corrected chi connectivity index (χ2v) is 6.56. The Morgan fingerprint density at radius 3 is 1.82 bits per heavy atom. The molecule has 28 heavy (non-hydrogen) atoms. The number of rotatable bonds is 7. The summed E-state index contributed by atoms with van der Waals surface area (Å²) in [5.41, 5.74) is 3.70. The molecule has 0 saturated carbocycles. The molecule has 0 aliphatic heterocycles. The number of hydrogen-bond acceptors (Lipinski definition) is 2. The number of carbonyl (C=O) groups excluding carboxylic acids is 2. The Kier molecular flexibility index (Phi) is 6.58. The summed E-state index contributed by atoms with van der Waals surface area (Å²) in [5.74, 6) is -0.495. The maximum Gasteiger partial charge on any atom is 0.251 e. The summed E-state index contributed by atoms with van der Waals surface area (Å²) in [6.07, 6.45) is 0.921. The quantitative estimate of drug-likeness (QED) is 0.661. The second kappa shape index (κ2) is 9.51. The van der Waals surface area contributed by atoms with Gasteiger partial charge in [0.1, 0.15) is 0 Å². The molecule has 2 amide bonds. The van der Waals surface area contributed by atoms with E-state index in [9.17, 15) is 9.59 Å². The molecular formula is C24H24N2O2. The molecule has 0 atom stereocenters. The summed E-state index contributed by atoms with van der Waals surface area (Å²) >= 11 is 0. The smallest absolute Gasteiger partial charge is 0.251 e. The molecule has 0 saturated heterocycles. The van der Waals surface area contributed by atoms with Crippen LogP contribution >= 0.6 is 0 Å². The fourth-order valence-corrected chi connectivity index (χ4v) is 3.02. The lowest BCUT2D eigenvalue weighted by Gasteiger charge is -2.20. The number of aryl methyl sites for hydroxylation is 1. The molecule has 4 heteroatoms. The van der Waals surface area contributed by atoms with Crippen LogP contribution in [0.15, 0.2) is 84.9 Å². The minimum Gasteiger partial charge on any atom is -0.344 e. The van der Waals surface area contributed by atoms with E-state index in [1.165, 1.54) is 5.56 Å². The summed E-state index contributed by atoms with van der Waals surface area (Å²) in [6, 6.07) is 26.7. The molecule has 4 nitrogen and oxygen atoms in total. The zero-order valence-electron chi connectivity index (χ0n) is 15.9. The van der Waals surface area contributed by atoms with E-state index in [4.69, 9.17) is 0 Å². The number of amides is 2. The first-order chi connectivity index (χ1) is 13.7. The van der Waals surface area contributed by atoms with E-state index in [2.05, 4.69) is 17.6 Å². The normalized spacial score (nSPS) is 10.5. The fraction of sp³-hybridized carbons (Fsp3) is 0.167. The third-order valence-corrected chi connectivity index (χ3v) is 4.61. The van der Waals surface area contributed by atoms with E-state index in [-0.39, 0.29) is 24.4 Å². The van der Waals surface area contributed by atoms with Crippen molar-refractivity contribution in [3.8, 4) is 0 Å². The highest BCUT2D eigenvalue weighted by Gasteiger charge is 2.17. The van der Waals surface area contributed by atoms with E-state index < -0.39 is 0 Å². The molecule has 2 N–H and O–H groups in total. The first-order valence-electron chi connectivity index (χ1n) is 9.43. The molecule has 0 bridgehead atoms. The number of nitrogens with one attached hydrogen (secondary N) is 2. The van der Waals surface area contributed by atoms with Crippen molar-refractivity contribution in [2.45, 2.75) is 19.4 Å². The molecule has 0 aliphatic rings. The zero-order valence-corrected chi connectivity index (χ0v) is 15.9. The van der Waals surface area contributed by atoms with Gasteiger partial charge in [0.15, 0.2) is 0 Å². The van der Waals surface area contributed by atoms with Crippen LogP contribution in [-0.4, -0.2) is 18.4 Å². The van der Waals surface area contributed by atoms with Gasteiger partial charge < -0.3 is 10.6 Å². The first kappa shape index (κ1) is 19.4. The van der Waals surface area contributed by atoms with Gasteiger partial charge in [0.05, 0.1) is 12.6 Å². The molecule has 3 rings (SSSR count). The Balaban J connectivity index is 1.64. The number of benzene rings is 3. The molecule has 3 aromatic rings. The van der Waals surface area contributed by atoms with Crippen molar-refractivity contribution in [2.24, 2.45) is 0 Å². The molecule has 0 heterocycles. The van der Waals surface area contributed by atoms with E-state index in [0.29, 0.717) is 5.56 Å². The molecule has 0 aromatic heterocycles. The van der Waals surface area contributed by atoms with Crippen molar-refractivity contribution in [2.75, 3.05) is 6.54 Å². The van der Waals surface area contributed by atoms with Crippen LogP contribution in [0, 0.1) is 0 Å². The van der Waals surface area contributed by atoms with Gasteiger partial charge in [0, 0.05) is 5.56 Å². The van der Waals surface area contributed by atoms with Crippen LogP contribution in [0.1, 0.15) is 40.0 Å². The molecule has 3 aromatic carbocycles. The Labute approximate surface area is 165 Å². The minimum absolute atomic E-state index is 0.0788. The molecule has 0 aliphatic carbocycles. The topological polar surface area (TPSA) is 58.2 Å². The molecule has 0 fully saturated rings. The van der Waals surface area contributed by atoms with Crippen LogP contribution in [0.3, 0.4) is 0 Å². The van der Waals surface area contributed by atoms with Crippen molar-refractivity contribution in [1.29, 1.82) is 0 Å². The van der Waals surface area contributed by atoms with Gasteiger partial charge in [-0.2, -0.15) is 0 Å². The second-order valence-electron chi connectivity index (χ2n) is 6.56. The summed E-state index contributed by atoms with van der Waals surface area (Å²) < 4.78 is 0. The van der Waals surface area contributed by atoms with Crippen molar-refractivity contribution in [3.05, 3.63) is 107 Å². The minimum atomic E-state index is -0.268. The lowest BCUT2D eigenvalue weighted by atomic mass is 9.99. The van der Waals surface area contributed by atoms with Crippen LogP contribution < -0.4 is 10.6 Å². The number of hydrogen-bond donors (Lipinski definition) is 2. The van der Waals surface area contributed by atoms with Crippen molar-refractivity contribution in [3.63, 3.8) is 0 Å². The number of carbonyl (C=O) groups is 2.